The molecule has 0 aliphatic rings. The molecule has 0 aliphatic heterocycles. The third-order valence-electron chi connectivity index (χ3n) is 1.20. The number of allylic oxidation sites excluding steroid dienone is 2. The van der Waals surface area contributed by atoms with Crippen LogP contribution in [0.15, 0.2) is 42.5 Å². The van der Waals surface area contributed by atoms with Gasteiger partial charge in [0, 0.05) is 0 Å². The van der Waals surface area contributed by atoms with Crippen LogP contribution in [0, 0.1) is 6.58 Å². The van der Waals surface area contributed by atoms with Crippen LogP contribution >= 0.6 is 0 Å². The fourth-order valence-corrected chi connectivity index (χ4v) is 0.731. The summed E-state index contributed by atoms with van der Waals surface area (Å²) in [6, 6.07) is 10.0. The Morgan fingerprint density at radius 3 is 2.27 bits per heavy atom. The Labute approximate surface area is 79.8 Å². The van der Waals surface area contributed by atoms with Crippen LogP contribution in [0.1, 0.15) is 5.56 Å². The number of rotatable bonds is 2. The molecular formula is C10H9Li. The molecule has 0 amide bonds. The van der Waals surface area contributed by atoms with Gasteiger partial charge in [-0.15, -0.1) is 6.08 Å². The van der Waals surface area contributed by atoms with Gasteiger partial charge < -0.3 is 0 Å². The Bertz CT molecular complexity index is 224. The average Bonchev–Trinajstić information content (AvgIpc) is 2.03. The van der Waals surface area contributed by atoms with E-state index >= 15 is 0 Å². The van der Waals surface area contributed by atoms with Crippen LogP contribution in [0.5, 0.6) is 0 Å². The third kappa shape index (κ3) is 3.88. The molecule has 0 heterocycles. The van der Waals surface area contributed by atoms with E-state index in [-0.39, 0.29) is 18.9 Å². The molecule has 0 fully saturated rings. The normalized spacial score (nSPS) is 9.09. The molecule has 1 aromatic rings. The molecule has 0 atom stereocenters. The summed E-state index contributed by atoms with van der Waals surface area (Å²) in [7, 11) is 0. The molecule has 0 N–H and O–H groups in total. The molecule has 0 spiro atoms. The molecular weight excluding hydrogens is 127 g/mol. The van der Waals surface area contributed by atoms with Gasteiger partial charge >= 0.3 is 18.9 Å². The molecule has 0 aromatic heterocycles. The smallest absolute Gasteiger partial charge is 0.293 e. The minimum absolute atomic E-state index is 0. The average molecular weight is 136 g/mol. The van der Waals surface area contributed by atoms with E-state index in [0.29, 0.717) is 0 Å². The number of hydrogen-bond acceptors (Lipinski definition) is 0. The van der Waals surface area contributed by atoms with Gasteiger partial charge in [-0.25, -0.2) is 12.2 Å². The van der Waals surface area contributed by atoms with Crippen LogP contribution in [-0.4, -0.2) is 0 Å². The molecule has 0 unspecified atom stereocenters. The summed E-state index contributed by atoms with van der Waals surface area (Å²) in [4.78, 5) is 0. The molecule has 1 heteroatoms. The van der Waals surface area contributed by atoms with Gasteiger partial charge in [0.25, 0.3) is 0 Å². The Kier molecular flexibility index (Phi) is 5.65. The molecule has 0 bridgehead atoms. The molecule has 50 valence electrons. The zero-order valence-corrected chi connectivity index (χ0v) is 6.70. The van der Waals surface area contributed by atoms with Gasteiger partial charge in [-0.2, -0.15) is 0 Å². The van der Waals surface area contributed by atoms with Gasteiger partial charge in [0.05, 0.1) is 0 Å². The molecule has 1 aromatic carbocycles. The zero-order chi connectivity index (χ0) is 7.23. The van der Waals surface area contributed by atoms with Crippen molar-refractivity contribution in [3.8, 4) is 0 Å². The van der Waals surface area contributed by atoms with Crippen molar-refractivity contribution in [2.75, 3.05) is 0 Å². The molecule has 0 nitrogen and oxygen atoms in total. The van der Waals surface area contributed by atoms with Crippen LogP contribution < -0.4 is 18.9 Å². The Morgan fingerprint density at radius 1 is 1.09 bits per heavy atom. The van der Waals surface area contributed by atoms with Crippen molar-refractivity contribution in [1.82, 2.24) is 0 Å². The summed E-state index contributed by atoms with van der Waals surface area (Å²) in [5, 5.41) is 0. The van der Waals surface area contributed by atoms with Crippen molar-refractivity contribution in [1.29, 1.82) is 0 Å². The summed E-state index contributed by atoms with van der Waals surface area (Å²) in [5.74, 6) is 0. The second kappa shape index (κ2) is 6.04. The molecule has 0 aliphatic carbocycles. The third-order valence-corrected chi connectivity index (χ3v) is 1.20. The van der Waals surface area contributed by atoms with Crippen LogP contribution in [0.3, 0.4) is 0 Å². The van der Waals surface area contributed by atoms with Gasteiger partial charge in [0.15, 0.2) is 0 Å². The van der Waals surface area contributed by atoms with E-state index in [4.69, 9.17) is 6.58 Å². The van der Waals surface area contributed by atoms with Gasteiger partial charge in [-0.1, -0.05) is 30.3 Å². The van der Waals surface area contributed by atoms with E-state index in [9.17, 15) is 0 Å². The van der Waals surface area contributed by atoms with E-state index in [0.717, 1.165) is 0 Å². The van der Waals surface area contributed by atoms with Gasteiger partial charge in [0.2, 0.25) is 0 Å². The zero-order valence-electron chi connectivity index (χ0n) is 6.70. The van der Waals surface area contributed by atoms with Gasteiger partial charge in [-0.05, 0) is 5.56 Å². The summed E-state index contributed by atoms with van der Waals surface area (Å²) >= 11 is 0. The predicted octanol–water partition coefficient (Wildman–Crippen LogP) is -0.307. The standard InChI is InChI=1S/C10H9.Li/c1-2-3-7-10-8-5-4-6-9-10;/h1-9H;/q-1;+1/b7-3+;. The molecule has 0 saturated carbocycles. The van der Waals surface area contributed by atoms with Crippen molar-refractivity contribution < 1.29 is 18.9 Å². The summed E-state index contributed by atoms with van der Waals surface area (Å²) < 4.78 is 0. The fraction of sp³-hybridized carbons (Fsp3) is 0. The van der Waals surface area contributed by atoms with E-state index in [2.05, 4.69) is 0 Å². The first-order valence-corrected chi connectivity index (χ1v) is 3.20. The second-order valence-electron chi connectivity index (χ2n) is 1.96. The van der Waals surface area contributed by atoms with Crippen LogP contribution in [0.4, 0.5) is 0 Å². The fourth-order valence-electron chi connectivity index (χ4n) is 0.731. The van der Waals surface area contributed by atoms with Crippen molar-refractivity contribution >= 4 is 6.08 Å². The number of hydrogen-bond donors (Lipinski definition) is 0. The van der Waals surface area contributed by atoms with Crippen molar-refractivity contribution in [2.45, 2.75) is 0 Å². The maximum absolute atomic E-state index is 5.16. The van der Waals surface area contributed by atoms with Crippen LogP contribution in [-0.2, 0) is 0 Å². The van der Waals surface area contributed by atoms with Crippen molar-refractivity contribution in [3.63, 3.8) is 0 Å². The van der Waals surface area contributed by atoms with Crippen LogP contribution in [0.25, 0.3) is 6.08 Å². The summed E-state index contributed by atoms with van der Waals surface area (Å²) in [6.45, 7) is 5.16. The Morgan fingerprint density at radius 2 is 1.73 bits per heavy atom. The molecule has 0 saturated heterocycles. The van der Waals surface area contributed by atoms with E-state index in [1.807, 2.05) is 42.5 Å². The Balaban J connectivity index is 0.000001000. The van der Waals surface area contributed by atoms with E-state index in [1.165, 1.54) is 11.6 Å². The minimum Gasteiger partial charge on any atom is -0.293 e. The topological polar surface area (TPSA) is 0 Å². The van der Waals surface area contributed by atoms with Crippen molar-refractivity contribution in [3.05, 3.63) is 54.6 Å². The molecule has 11 heavy (non-hydrogen) atoms. The monoisotopic (exact) mass is 136 g/mol. The van der Waals surface area contributed by atoms with E-state index < -0.39 is 0 Å². The quantitative estimate of drug-likeness (QED) is 0.297. The van der Waals surface area contributed by atoms with Crippen molar-refractivity contribution in [2.24, 2.45) is 0 Å². The van der Waals surface area contributed by atoms with Gasteiger partial charge in [0.1, 0.15) is 0 Å². The van der Waals surface area contributed by atoms with Gasteiger partial charge in [-0.3, -0.25) is 6.58 Å². The largest absolute Gasteiger partial charge is 1.00 e. The minimum atomic E-state index is 0. The first kappa shape index (κ1) is 10.3. The van der Waals surface area contributed by atoms with E-state index in [1.54, 1.807) is 0 Å². The first-order valence-electron chi connectivity index (χ1n) is 3.20. The molecule has 0 radical (unpaired) electrons. The first-order chi connectivity index (χ1) is 4.93. The summed E-state index contributed by atoms with van der Waals surface area (Å²) in [5.41, 5.74) is 1.17. The molecule has 1 rings (SSSR count). The maximum atomic E-state index is 5.16. The number of benzene rings is 1. The summed E-state index contributed by atoms with van der Waals surface area (Å²) in [6.07, 6.45) is 5.29. The Hall–Kier alpha value is -0.703. The second-order valence-corrected chi connectivity index (χ2v) is 1.96. The van der Waals surface area contributed by atoms with Crippen LogP contribution in [0.2, 0.25) is 0 Å². The predicted molar refractivity (Wildman–Crippen MR) is 44.3 cm³/mol. The maximum Gasteiger partial charge on any atom is 1.00 e. The SMILES string of the molecule is [CH-]=C/C=C/c1ccccc1.[Li+].